The Morgan fingerprint density at radius 1 is 1.31 bits per heavy atom. The van der Waals surface area contributed by atoms with Crippen LogP contribution in [-0.4, -0.2) is 11.3 Å². The van der Waals surface area contributed by atoms with E-state index >= 15 is 0 Å². The third-order valence-electron chi connectivity index (χ3n) is 1.44. The lowest BCUT2D eigenvalue weighted by atomic mass is 10.3. The van der Waals surface area contributed by atoms with E-state index in [1.807, 2.05) is 0 Å². The second kappa shape index (κ2) is 4.89. The molecule has 0 heterocycles. The summed E-state index contributed by atoms with van der Waals surface area (Å²) in [6.45, 7) is 0. The highest BCUT2D eigenvalue weighted by Crippen LogP contribution is 2.33. The molecule has 1 nitrogen and oxygen atoms in total. The Balaban J connectivity index is 3.21. The van der Waals surface area contributed by atoms with Gasteiger partial charge in [0.25, 0.3) is 0 Å². The van der Waals surface area contributed by atoms with Crippen LogP contribution in [0.1, 0.15) is 0 Å². The van der Waals surface area contributed by atoms with Gasteiger partial charge in [0.2, 0.25) is 5.17 Å². The molecule has 0 saturated carbocycles. The molecular weight excluding hydrogens is 337 g/mol. The Hall–Kier alpha value is -0.330. The van der Waals surface area contributed by atoms with Crippen molar-refractivity contribution in [2.75, 3.05) is 0 Å². The molecule has 8 heteroatoms. The van der Waals surface area contributed by atoms with Crippen molar-refractivity contribution in [2.24, 2.45) is 4.99 Å². The number of rotatable bonds is 1. The zero-order valence-electron chi connectivity index (χ0n) is 7.25. The Morgan fingerprint density at radius 3 is 2.38 bits per heavy atom. The van der Waals surface area contributed by atoms with Crippen molar-refractivity contribution < 1.29 is 17.6 Å². The molecule has 0 N–H and O–H groups in total. The number of nitrogens with zero attached hydrogens (tertiary/aromatic N) is 1. The number of hydrogen-bond donors (Lipinski definition) is 0. The molecule has 0 saturated heterocycles. The van der Waals surface area contributed by atoms with Crippen molar-refractivity contribution in [1.29, 1.82) is 0 Å². The molecule has 0 atom stereocenters. The van der Waals surface area contributed by atoms with Crippen LogP contribution in [0.15, 0.2) is 21.6 Å². The molecule has 0 spiro atoms. The van der Waals surface area contributed by atoms with Gasteiger partial charge in [-0.05, 0) is 28.1 Å². The monoisotopic (exact) mass is 337 g/mol. The van der Waals surface area contributed by atoms with Gasteiger partial charge in [-0.3, -0.25) is 0 Å². The summed E-state index contributed by atoms with van der Waals surface area (Å²) >= 11 is 13.2. The predicted octanol–water partition coefficient (Wildman–Crippen LogP) is 5.07. The summed E-state index contributed by atoms with van der Waals surface area (Å²) in [7, 11) is 0. The van der Waals surface area contributed by atoms with Gasteiger partial charge in [-0.1, -0.05) is 23.2 Å². The zero-order chi connectivity index (χ0) is 12.5. The van der Waals surface area contributed by atoms with E-state index in [9.17, 15) is 17.6 Å². The van der Waals surface area contributed by atoms with Crippen molar-refractivity contribution in [1.82, 2.24) is 0 Å². The SMILES string of the molecule is Fc1cc(Cl)c(N=C(Cl)C(F)(F)F)cc1Br. The van der Waals surface area contributed by atoms with Gasteiger partial charge in [-0.25, -0.2) is 9.38 Å². The van der Waals surface area contributed by atoms with Gasteiger partial charge < -0.3 is 0 Å². The molecule has 1 aromatic rings. The molecule has 1 rings (SSSR count). The average Bonchev–Trinajstić information content (AvgIpc) is 2.12. The quantitative estimate of drug-likeness (QED) is 0.385. The number of hydrogen-bond acceptors (Lipinski definition) is 1. The summed E-state index contributed by atoms with van der Waals surface area (Å²) in [5, 5.41) is -1.84. The highest BCUT2D eigenvalue weighted by atomic mass is 79.9. The third-order valence-corrected chi connectivity index (χ3v) is 2.65. The summed E-state index contributed by atoms with van der Waals surface area (Å²) in [6, 6.07) is 1.84. The van der Waals surface area contributed by atoms with Crippen LogP contribution in [0.25, 0.3) is 0 Å². The maximum atomic E-state index is 12.9. The maximum Gasteiger partial charge on any atom is 0.444 e. The fourth-order valence-electron chi connectivity index (χ4n) is 0.767. The highest BCUT2D eigenvalue weighted by molar-refractivity contribution is 9.10. The number of benzene rings is 1. The summed E-state index contributed by atoms with van der Waals surface area (Å²) in [4.78, 5) is 3.06. The molecule has 0 aliphatic carbocycles. The van der Waals surface area contributed by atoms with Gasteiger partial charge in [-0.15, -0.1) is 0 Å². The van der Waals surface area contributed by atoms with E-state index in [-0.39, 0.29) is 15.2 Å². The van der Waals surface area contributed by atoms with Crippen LogP contribution < -0.4 is 0 Å². The minimum atomic E-state index is -4.76. The fourth-order valence-corrected chi connectivity index (χ4v) is 1.38. The second-order valence-electron chi connectivity index (χ2n) is 2.62. The Bertz CT molecular complexity index is 444. The van der Waals surface area contributed by atoms with Crippen LogP contribution in [0, 0.1) is 5.82 Å². The molecule has 0 fully saturated rings. The summed E-state index contributed by atoms with van der Waals surface area (Å²) in [5.41, 5.74) is -0.266. The summed E-state index contributed by atoms with van der Waals surface area (Å²) in [6.07, 6.45) is -4.76. The van der Waals surface area contributed by atoms with Gasteiger partial charge in [-0.2, -0.15) is 13.2 Å². The molecular formula is C8H2BrCl2F4N. The minimum absolute atomic E-state index is 0.0534. The van der Waals surface area contributed by atoms with E-state index in [0.29, 0.717) is 0 Å². The molecule has 88 valence electrons. The normalized spacial score (nSPS) is 13.1. The van der Waals surface area contributed by atoms with Crippen LogP contribution >= 0.6 is 39.1 Å². The molecule has 16 heavy (non-hydrogen) atoms. The maximum absolute atomic E-state index is 12.9. The number of alkyl halides is 3. The smallest absolute Gasteiger partial charge is 0.231 e. The second-order valence-corrected chi connectivity index (χ2v) is 4.24. The first-order chi connectivity index (χ1) is 7.21. The van der Waals surface area contributed by atoms with Crippen LogP contribution in [-0.2, 0) is 0 Å². The van der Waals surface area contributed by atoms with E-state index in [1.165, 1.54) is 0 Å². The van der Waals surface area contributed by atoms with Gasteiger partial charge in [0.1, 0.15) is 5.82 Å². The van der Waals surface area contributed by atoms with Crippen molar-refractivity contribution in [3.63, 3.8) is 0 Å². The molecule has 0 amide bonds. The average molecular weight is 339 g/mol. The lowest BCUT2D eigenvalue weighted by Gasteiger charge is -2.05. The highest BCUT2D eigenvalue weighted by Gasteiger charge is 2.34. The first kappa shape index (κ1) is 13.7. The zero-order valence-corrected chi connectivity index (χ0v) is 10.3. The largest absolute Gasteiger partial charge is 0.444 e. The lowest BCUT2D eigenvalue weighted by molar-refractivity contribution is -0.0558. The van der Waals surface area contributed by atoms with E-state index < -0.39 is 17.2 Å². The van der Waals surface area contributed by atoms with E-state index in [1.54, 1.807) is 0 Å². The number of aliphatic imine (C=N–C) groups is 1. The standard InChI is InChI=1S/C8H2BrCl2F4N/c9-3-1-6(4(10)2-5(3)12)16-7(11)8(13,14)15/h1-2H. The molecule has 0 bridgehead atoms. The first-order valence-corrected chi connectivity index (χ1v) is 5.22. The van der Waals surface area contributed by atoms with Gasteiger partial charge in [0.15, 0.2) is 0 Å². The van der Waals surface area contributed by atoms with E-state index in [4.69, 9.17) is 23.2 Å². The van der Waals surface area contributed by atoms with Gasteiger partial charge >= 0.3 is 6.18 Å². The third kappa shape index (κ3) is 3.33. The summed E-state index contributed by atoms with van der Waals surface area (Å²) in [5.74, 6) is -0.702. The van der Waals surface area contributed by atoms with Crippen LogP contribution in [0.2, 0.25) is 5.02 Å². The first-order valence-electron chi connectivity index (χ1n) is 3.67. The molecule has 0 aliphatic rings. The minimum Gasteiger partial charge on any atom is -0.231 e. The predicted molar refractivity (Wildman–Crippen MR) is 58.1 cm³/mol. The molecule has 0 unspecified atom stereocenters. The van der Waals surface area contributed by atoms with Crippen LogP contribution in [0.4, 0.5) is 23.2 Å². The van der Waals surface area contributed by atoms with Crippen LogP contribution in [0.3, 0.4) is 0 Å². The van der Waals surface area contributed by atoms with Crippen molar-refractivity contribution in [3.05, 3.63) is 27.4 Å². The topological polar surface area (TPSA) is 12.4 Å². The van der Waals surface area contributed by atoms with Gasteiger partial charge in [0, 0.05) is 0 Å². The van der Waals surface area contributed by atoms with Gasteiger partial charge in [0.05, 0.1) is 15.2 Å². The van der Waals surface area contributed by atoms with Crippen molar-refractivity contribution in [3.8, 4) is 0 Å². The van der Waals surface area contributed by atoms with Crippen molar-refractivity contribution >= 4 is 50.0 Å². The Kier molecular flexibility index (Phi) is 4.20. The molecule has 0 aliphatic heterocycles. The molecule has 1 aromatic carbocycles. The fraction of sp³-hybridized carbons (Fsp3) is 0.125. The Morgan fingerprint density at radius 2 is 1.88 bits per heavy atom. The van der Waals surface area contributed by atoms with Crippen molar-refractivity contribution in [2.45, 2.75) is 6.18 Å². The van der Waals surface area contributed by atoms with Crippen LogP contribution in [0.5, 0.6) is 0 Å². The van der Waals surface area contributed by atoms with E-state index in [2.05, 4.69) is 20.9 Å². The number of halogens is 7. The Labute approximate surface area is 106 Å². The lowest BCUT2D eigenvalue weighted by Crippen LogP contribution is -2.16. The van der Waals surface area contributed by atoms with E-state index in [0.717, 1.165) is 12.1 Å². The summed E-state index contributed by atoms with van der Waals surface area (Å²) < 4.78 is 49.0. The molecule has 0 aromatic heterocycles. The molecule has 0 radical (unpaired) electrons.